The number of thiophene rings is 1. The highest BCUT2D eigenvalue weighted by atomic mass is 32.1. The van der Waals surface area contributed by atoms with Gasteiger partial charge in [-0.05, 0) is 18.2 Å². The fraction of sp³-hybridized carbons (Fsp3) is 0.133. The average Bonchev–Trinajstić information content (AvgIpc) is 2.90. The summed E-state index contributed by atoms with van der Waals surface area (Å²) in [5.74, 6) is -1.28. The van der Waals surface area contributed by atoms with Gasteiger partial charge in [0.2, 0.25) is 0 Å². The second-order valence-corrected chi connectivity index (χ2v) is 5.81. The van der Waals surface area contributed by atoms with E-state index >= 15 is 0 Å². The lowest BCUT2D eigenvalue weighted by Gasteiger charge is -2.15. The zero-order chi connectivity index (χ0) is 15.7. The molecule has 0 unspecified atom stereocenters. The van der Waals surface area contributed by atoms with Crippen molar-refractivity contribution in [1.29, 1.82) is 0 Å². The van der Waals surface area contributed by atoms with Crippen molar-refractivity contribution in [1.82, 2.24) is 4.98 Å². The lowest BCUT2D eigenvalue weighted by atomic mass is 10.3. The van der Waals surface area contributed by atoms with Gasteiger partial charge in [0.1, 0.15) is 5.56 Å². The second-order valence-electron chi connectivity index (χ2n) is 4.74. The maximum atomic E-state index is 11.6. The van der Waals surface area contributed by atoms with Gasteiger partial charge in [0, 0.05) is 19.3 Å². The molecule has 0 aliphatic carbocycles. The van der Waals surface area contributed by atoms with Crippen molar-refractivity contribution >= 4 is 32.6 Å². The topological polar surface area (TPSA) is 83.6 Å². The van der Waals surface area contributed by atoms with Crippen LogP contribution in [0.4, 0.5) is 5.00 Å². The summed E-state index contributed by atoms with van der Waals surface area (Å²) < 4.78 is 5.69. The van der Waals surface area contributed by atoms with Crippen molar-refractivity contribution in [3.63, 3.8) is 0 Å². The van der Waals surface area contributed by atoms with Gasteiger partial charge in [-0.2, -0.15) is 0 Å². The molecule has 6 nitrogen and oxygen atoms in total. The van der Waals surface area contributed by atoms with Crippen LogP contribution in [0.3, 0.4) is 0 Å². The van der Waals surface area contributed by atoms with Crippen LogP contribution in [0, 0.1) is 0 Å². The Morgan fingerprint density at radius 1 is 1.41 bits per heavy atom. The van der Waals surface area contributed by atoms with E-state index in [-0.39, 0.29) is 5.56 Å². The summed E-state index contributed by atoms with van der Waals surface area (Å²) in [6.45, 7) is 0.601. The summed E-state index contributed by atoms with van der Waals surface area (Å²) in [4.78, 5) is 28.8. The van der Waals surface area contributed by atoms with Crippen LogP contribution in [-0.2, 0) is 6.54 Å². The van der Waals surface area contributed by atoms with Gasteiger partial charge in [-0.1, -0.05) is 6.07 Å². The Labute approximate surface area is 129 Å². The molecule has 3 rings (SSSR count). The number of carboxylic acids is 1. The molecule has 0 spiro atoms. The number of pyridine rings is 1. The molecule has 0 atom stereocenters. The maximum absolute atomic E-state index is 11.6. The van der Waals surface area contributed by atoms with Gasteiger partial charge in [0.05, 0.1) is 21.9 Å². The summed E-state index contributed by atoms with van der Waals surface area (Å²) in [7, 11) is 1.90. The van der Waals surface area contributed by atoms with Gasteiger partial charge >= 0.3 is 11.6 Å². The molecule has 7 heteroatoms. The molecular weight excluding hydrogens is 304 g/mol. The summed E-state index contributed by atoms with van der Waals surface area (Å²) >= 11 is 1.37. The van der Waals surface area contributed by atoms with E-state index in [1.165, 1.54) is 17.4 Å². The molecule has 0 saturated heterocycles. The molecule has 3 aromatic rings. The largest absolute Gasteiger partial charge is 0.477 e. The first-order valence-corrected chi connectivity index (χ1v) is 7.28. The third-order valence-electron chi connectivity index (χ3n) is 3.14. The van der Waals surface area contributed by atoms with Gasteiger partial charge < -0.3 is 14.4 Å². The second kappa shape index (κ2) is 5.61. The molecule has 0 saturated carbocycles. The average molecular weight is 316 g/mol. The Hall–Kier alpha value is -2.67. The number of hydrogen-bond donors (Lipinski definition) is 1. The fourth-order valence-electron chi connectivity index (χ4n) is 2.05. The van der Waals surface area contributed by atoms with Crippen molar-refractivity contribution in [2.75, 3.05) is 11.9 Å². The highest BCUT2D eigenvalue weighted by molar-refractivity contribution is 7.22. The Bertz CT molecular complexity index is 885. The number of fused-ring (bicyclic) bond motifs is 1. The van der Waals surface area contributed by atoms with Crippen LogP contribution in [0.5, 0.6) is 0 Å². The highest BCUT2D eigenvalue weighted by Gasteiger charge is 2.15. The van der Waals surface area contributed by atoms with Crippen LogP contribution in [0.2, 0.25) is 0 Å². The first-order chi connectivity index (χ1) is 10.5. The normalized spacial score (nSPS) is 10.8. The van der Waals surface area contributed by atoms with Crippen LogP contribution >= 0.6 is 11.3 Å². The molecule has 0 bridgehead atoms. The van der Waals surface area contributed by atoms with E-state index in [9.17, 15) is 9.59 Å². The standard InChI is InChI=1S/C15H12N2O4S/c1-17(8-9-4-2-3-5-16-9)13-7-11-12(22-13)6-10(14(18)19)15(20)21-11/h2-7H,8H2,1H3,(H,18,19). The van der Waals surface area contributed by atoms with Crippen LogP contribution in [-0.4, -0.2) is 23.1 Å². The molecule has 1 N–H and O–H groups in total. The molecule has 22 heavy (non-hydrogen) atoms. The van der Waals surface area contributed by atoms with Gasteiger partial charge in [0.25, 0.3) is 0 Å². The zero-order valence-electron chi connectivity index (χ0n) is 11.6. The van der Waals surface area contributed by atoms with Crippen molar-refractivity contribution < 1.29 is 14.3 Å². The molecule has 112 valence electrons. The molecule has 0 amide bonds. The molecular formula is C15H12N2O4S. The monoisotopic (exact) mass is 316 g/mol. The zero-order valence-corrected chi connectivity index (χ0v) is 12.5. The lowest BCUT2D eigenvalue weighted by Crippen LogP contribution is -2.15. The fourth-order valence-corrected chi connectivity index (χ4v) is 3.04. The number of aromatic nitrogens is 1. The highest BCUT2D eigenvalue weighted by Crippen LogP contribution is 2.32. The summed E-state index contributed by atoms with van der Waals surface area (Å²) in [5, 5.41) is 9.83. The number of anilines is 1. The van der Waals surface area contributed by atoms with Crippen LogP contribution < -0.4 is 10.5 Å². The maximum Gasteiger partial charge on any atom is 0.351 e. The Kier molecular flexibility index (Phi) is 3.64. The Balaban J connectivity index is 1.94. The van der Waals surface area contributed by atoms with Crippen LogP contribution in [0.1, 0.15) is 16.1 Å². The predicted molar refractivity (Wildman–Crippen MR) is 83.7 cm³/mol. The minimum atomic E-state index is -1.28. The number of aromatic carboxylic acids is 1. The molecule has 0 radical (unpaired) electrons. The molecule has 0 aliphatic heterocycles. The molecule has 0 fully saturated rings. The van der Waals surface area contributed by atoms with Crippen molar-refractivity contribution in [2.24, 2.45) is 0 Å². The minimum Gasteiger partial charge on any atom is -0.477 e. The van der Waals surface area contributed by atoms with Crippen molar-refractivity contribution in [3.05, 3.63) is 58.2 Å². The lowest BCUT2D eigenvalue weighted by molar-refractivity contribution is 0.0692. The van der Waals surface area contributed by atoms with Crippen molar-refractivity contribution in [2.45, 2.75) is 6.54 Å². The van der Waals surface area contributed by atoms with E-state index in [0.717, 1.165) is 10.7 Å². The van der Waals surface area contributed by atoms with Gasteiger partial charge in [-0.15, -0.1) is 11.3 Å². The van der Waals surface area contributed by atoms with E-state index in [1.807, 2.05) is 30.1 Å². The smallest absolute Gasteiger partial charge is 0.351 e. The first-order valence-electron chi connectivity index (χ1n) is 6.46. The van der Waals surface area contributed by atoms with Crippen molar-refractivity contribution in [3.8, 4) is 0 Å². The van der Waals surface area contributed by atoms with E-state index in [4.69, 9.17) is 9.52 Å². The van der Waals surface area contributed by atoms with E-state index < -0.39 is 11.6 Å². The Morgan fingerprint density at radius 3 is 2.91 bits per heavy atom. The molecule has 0 aliphatic rings. The summed E-state index contributed by atoms with van der Waals surface area (Å²) in [6.07, 6.45) is 1.73. The Morgan fingerprint density at radius 2 is 2.23 bits per heavy atom. The van der Waals surface area contributed by atoms with Gasteiger partial charge in [0.15, 0.2) is 5.58 Å². The number of hydrogen-bond acceptors (Lipinski definition) is 6. The number of nitrogens with zero attached hydrogens (tertiary/aromatic N) is 2. The quantitative estimate of drug-likeness (QED) is 0.796. The SMILES string of the molecule is CN(Cc1ccccn1)c1cc2oc(=O)c(C(=O)O)cc2s1. The van der Waals surface area contributed by atoms with E-state index in [1.54, 1.807) is 12.3 Å². The minimum absolute atomic E-state index is 0.353. The summed E-state index contributed by atoms with van der Waals surface area (Å²) in [6, 6.07) is 8.78. The number of carboxylic acid groups (broad SMARTS) is 1. The third-order valence-corrected chi connectivity index (χ3v) is 4.32. The molecule has 0 aromatic carbocycles. The van der Waals surface area contributed by atoms with Gasteiger partial charge in [-0.25, -0.2) is 9.59 Å². The first kappa shape index (κ1) is 14.3. The number of rotatable bonds is 4. The molecule has 3 heterocycles. The number of carbonyl (C=O) groups is 1. The van der Waals surface area contributed by atoms with Crippen LogP contribution in [0.15, 0.2) is 45.7 Å². The molecule has 3 aromatic heterocycles. The third kappa shape index (κ3) is 2.71. The van der Waals surface area contributed by atoms with E-state index in [2.05, 4.69) is 4.98 Å². The van der Waals surface area contributed by atoms with E-state index in [0.29, 0.717) is 16.8 Å². The summed E-state index contributed by atoms with van der Waals surface area (Å²) in [5.41, 5.74) is 0.114. The van der Waals surface area contributed by atoms with Crippen LogP contribution in [0.25, 0.3) is 10.3 Å². The predicted octanol–water partition coefficient (Wildman–Crippen LogP) is 2.58. The van der Waals surface area contributed by atoms with Gasteiger partial charge in [-0.3, -0.25) is 4.98 Å².